The van der Waals surface area contributed by atoms with Gasteiger partial charge in [-0.25, -0.2) is 4.98 Å². The molecule has 0 spiro atoms. The van der Waals surface area contributed by atoms with Crippen LogP contribution < -0.4 is 10.1 Å². The lowest BCUT2D eigenvalue weighted by Crippen LogP contribution is -2.31. The van der Waals surface area contributed by atoms with Crippen molar-refractivity contribution in [3.8, 4) is 5.88 Å². The number of nitrogens with zero attached hydrogens (tertiary/aromatic N) is 3. The highest BCUT2D eigenvalue weighted by atomic mass is 16.5. The molecule has 2 heterocycles. The molecule has 1 fully saturated rings. The number of hydrogen-bond donors (Lipinski definition) is 1. The predicted molar refractivity (Wildman–Crippen MR) is 67.6 cm³/mol. The van der Waals surface area contributed by atoms with Crippen molar-refractivity contribution >= 4 is 11.9 Å². The summed E-state index contributed by atoms with van der Waals surface area (Å²) >= 11 is 0. The standard InChI is InChI=1S/C12H18N4O2/c1-4-18-10-7-8(2)13-12(15-10)14-9-5-6-16(3)11(9)17/h7,9H,4-6H2,1-3H3,(H,13,14,15). The molecule has 18 heavy (non-hydrogen) atoms. The SMILES string of the molecule is CCOc1cc(C)nc(NC2CCN(C)C2=O)n1. The van der Waals surface area contributed by atoms with Gasteiger partial charge >= 0.3 is 0 Å². The van der Waals surface area contributed by atoms with E-state index in [1.807, 2.05) is 13.8 Å². The molecule has 6 nitrogen and oxygen atoms in total. The Labute approximate surface area is 106 Å². The molecule has 1 unspecified atom stereocenters. The Kier molecular flexibility index (Phi) is 3.64. The minimum atomic E-state index is -0.230. The van der Waals surface area contributed by atoms with Gasteiger partial charge in [0.25, 0.3) is 0 Å². The summed E-state index contributed by atoms with van der Waals surface area (Å²) < 4.78 is 5.35. The Balaban J connectivity index is 2.11. The van der Waals surface area contributed by atoms with Crippen molar-refractivity contribution in [2.24, 2.45) is 0 Å². The molecule has 1 N–H and O–H groups in total. The Morgan fingerprint density at radius 2 is 2.33 bits per heavy atom. The first kappa shape index (κ1) is 12.6. The Hall–Kier alpha value is -1.85. The van der Waals surface area contributed by atoms with Crippen LogP contribution in [0, 0.1) is 6.92 Å². The molecule has 6 heteroatoms. The second kappa shape index (κ2) is 5.20. The lowest BCUT2D eigenvalue weighted by Gasteiger charge is -2.13. The summed E-state index contributed by atoms with van der Waals surface area (Å²) in [5, 5.41) is 3.07. The minimum absolute atomic E-state index is 0.0815. The fourth-order valence-electron chi connectivity index (χ4n) is 1.94. The van der Waals surface area contributed by atoms with Crippen molar-refractivity contribution in [2.75, 3.05) is 25.5 Å². The quantitative estimate of drug-likeness (QED) is 0.857. The van der Waals surface area contributed by atoms with Crippen LogP contribution >= 0.6 is 0 Å². The van der Waals surface area contributed by atoms with Crippen LogP contribution in [-0.4, -0.2) is 47.0 Å². The number of amides is 1. The third-order valence-corrected chi connectivity index (χ3v) is 2.85. The number of likely N-dealkylation sites (N-methyl/N-ethyl adjacent to an activating group) is 1. The first-order chi connectivity index (χ1) is 8.60. The van der Waals surface area contributed by atoms with Gasteiger partial charge in [0, 0.05) is 25.4 Å². The molecule has 1 atom stereocenters. The second-order valence-corrected chi connectivity index (χ2v) is 4.35. The fraction of sp³-hybridized carbons (Fsp3) is 0.583. The topological polar surface area (TPSA) is 67.3 Å². The van der Waals surface area contributed by atoms with Crippen LogP contribution in [-0.2, 0) is 4.79 Å². The number of aryl methyl sites for hydroxylation is 1. The number of rotatable bonds is 4. The van der Waals surface area contributed by atoms with E-state index in [1.165, 1.54) is 0 Å². The summed E-state index contributed by atoms with van der Waals surface area (Å²) in [6, 6.07) is 1.54. The Morgan fingerprint density at radius 1 is 1.56 bits per heavy atom. The van der Waals surface area contributed by atoms with Gasteiger partial charge in [-0.3, -0.25) is 4.79 Å². The zero-order chi connectivity index (χ0) is 13.1. The second-order valence-electron chi connectivity index (χ2n) is 4.35. The van der Waals surface area contributed by atoms with Gasteiger partial charge < -0.3 is 15.0 Å². The maximum absolute atomic E-state index is 11.8. The summed E-state index contributed by atoms with van der Waals surface area (Å²) in [7, 11) is 1.80. The number of carbonyl (C=O) groups excluding carboxylic acids is 1. The van der Waals surface area contributed by atoms with Crippen molar-refractivity contribution in [2.45, 2.75) is 26.3 Å². The highest BCUT2D eigenvalue weighted by Gasteiger charge is 2.29. The van der Waals surface area contributed by atoms with E-state index < -0.39 is 0 Å². The van der Waals surface area contributed by atoms with Gasteiger partial charge in [-0.15, -0.1) is 0 Å². The molecule has 1 amide bonds. The molecule has 2 rings (SSSR count). The summed E-state index contributed by atoms with van der Waals surface area (Å²) in [4.78, 5) is 22.0. The monoisotopic (exact) mass is 250 g/mol. The number of hydrogen-bond acceptors (Lipinski definition) is 5. The van der Waals surface area contributed by atoms with E-state index in [4.69, 9.17) is 4.74 Å². The highest BCUT2D eigenvalue weighted by Crippen LogP contribution is 2.16. The third-order valence-electron chi connectivity index (χ3n) is 2.85. The number of aromatic nitrogens is 2. The van der Waals surface area contributed by atoms with Gasteiger partial charge in [-0.1, -0.05) is 0 Å². The van der Waals surface area contributed by atoms with E-state index in [9.17, 15) is 4.79 Å². The number of likely N-dealkylation sites (tertiary alicyclic amines) is 1. The third kappa shape index (κ3) is 2.69. The van der Waals surface area contributed by atoms with E-state index in [2.05, 4.69) is 15.3 Å². The molecule has 0 aliphatic carbocycles. The summed E-state index contributed by atoms with van der Waals surface area (Å²) in [6.45, 7) is 5.10. The van der Waals surface area contributed by atoms with Gasteiger partial charge in [0.15, 0.2) is 0 Å². The predicted octanol–water partition coefficient (Wildman–Crippen LogP) is 0.826. The maximum Gasteiger partial charge on any atom is 0.244 e. The van der Waals surface area contributed by atoms with Crippen LogP contribution in [0.1, 0.15) is 19.0 Å². The lowest BCUT2D eigenvalue weighted by molar-refractivity contribution is -0.127. The maximum atomic E-state index is 11.8. The van der Waals surface area contributed by atoms with Crippen LogP contribution in [0.4, 0.5) is 5.95 Å². The van der Waals surface area contributed by atoms with Crippen molar-refractivity contribution in [3.05, 3.63) is 11.8 Å². The number of anilines is 1. The molecular weight excluding hydrogens is 232 g/mol. The molecular formula is C12H18N4O2. The number of nitrogens with one attached hydrogen (secondary N) is 1. The van der Waals surface area contributed by atoms with Crippen LogP contribution in [0.15, 0.2) is 6.07 Å². The minimum Gasteiger partial charge on any atom is -0.478 e. The molecule has 0 aromatic carbocycles. The first-order valence-corrected chi connectivity index (χ1v) is 6.10. The van der Waals surface area contributed by atoms with Gasteiger partial charge in [0.2, 0.25) is 17.7 Å². The molecule has 1 aliphatic rings. The molecule has 0 bridgehead atoms. The summed E-state index contributed by atoms with van der Waals surface area (Å²) in [5.41, 5.74) is 0.815. The van der Waals surface area contributed by atoms with Crippen LogP contribution in [0.2, 0.25) is 0 Å². The smallest absolute Gasteiger partial charge is 0.244 e. The molecule has 1 aromatic rings. The highest BCUT2D eigenvalue weighted by molar-refractivity contribution is 5.86. The van der Waals surface area contributed by atoms with Gasteiger partial charge in [-0.05, 0) is 20.3 Å². The van der Waals surface area contributed by atoms with Gasteiger partial charge in [0.1, 0.15) is 6.04 Å². The van der Waals surface area contributed by atoms with Crippen LogP contribution in [0.3, 0.4) is 0 Å². The zero-order valence-electron chi connectivity index (χ0n) is 10.9. The molecule has 0 saturated carbocycles. The van der Waals surface area contributed by atoms with E-state index >= 15 is 0 Å². The normalized spacial score (nSPS) is 19.2. The lowest BCUT2D eigenvalue weighted by atomic mass is 10.2. The van der Waals surface area contributed by atoms with E-state index in [-0.39, 0.29) is 11.9 Å². The Bertz CT molecular complexity index is 450. The van der Waals surface area contributed by atoms with E-state index in [1.54, 1.807) is 18.0 Å². The number of carbonyl (C=O) groups is 1. The van der Waals surface area contributed by atoms with Gasteiger partial charge in [-0.2, -0.15) is 4.98 Å². The average Bonchev–Trinajstić information content (AvgIpc) is 2.61. The van der Waals surface area contributed by atoms with Crippen LogP contribution in [0.5, 0.6) is 5.88 Å². The average molecular weight is 250 g/mol. The zero-order valence-corrected chi connectivity index (χ0v) is 10.9. The summed E-state index contributed by atoms with van der Waals surface area (Å²) in [5.74, 6) is 1.07. The van der Waals surface area contributed by atoms with Crippen LogP contribution in [0.25, 0.3) is 0 Å². The van der Waals surface area contributed by atoms with Crippen molar-refractivity contribution in [3.63, 3.8) is 0 Å². The Morgan fingerprint density at radius 3 is 2.94 bits per heavy atom. The largest absolute Gasteiger partial charge is 0.478 e. The molecule has 1 aliphatic heterocycles. The first-order valence-electron chi connectivity index (χ1n) is 6.10. The molecule has 0 radical (unpaired) electrons. The van der Waals surface area contributed by atoms with Crippen molar-refractivity contribution in [1.82, 2.24) is 14.9 Å². The van der Waals surface area contributed by atoms with Gasteiger partial charge in [0.05, 0.1) is 6.61 Å². The van der Waals surface area contributed by atoms with E-state index in [0.717, 1.165) is 18.7 Å². The fourth-order valence-corrected chi connectivity index (χ4v) is 1.94. The number of ether oxygens (including phenoxy) is 1. The summed E-state index contributed by atoms with van der Waals surface area (Å²) in [6.07, 6.45) is 0.774. The molecule has 1 saturated heterocycles. The van der Waals surface area contributed by atoms with Crippen molar-refractivity contribution in [1.29, 1.82) is 0 Å². The molecule has 1 aromatic heterocycles. The van der Waals surface area contributed by atoms with E-state index in [0.29, 0.717) is 18.4 Å². The molecule has 98 valence electrons. The van der Waals surface area contributed by atoms with Crippen molar-refractivity contribution < 1.29 is 9.53 Å².